The number of rotatable bonds is 2. The van der Waals surface area contributed by atoms with Gasteiger partial charge in [0.05, 0.1) is 19.1 Å². The molecule has 1 saturated heterocycles. The number of nitrogens with zero attached hydrogens (tertiary/aromatic N) is 1. The maximum absolute atomic E-state index is 5.95. The maximum Gasteiger partial charge on any atom is 0.0994 e. The van der Waals surface area contributed by atoms with Gasteiger partial charge in [0.25, 0.3) is 0 Å². The first kappa shape index (κ1) is 11.8. The molecule has 0 aromatic rings. The predicted molar refractivity (Wildman–Crippen MR) is 61.8 cm³/mol. The van der Waals surface area contributed by atoms with Gasteiger partial charge in [-0.25, -0.2) is 4.52 Å². The molecule has 2 nitrogen and oxygen atoms in total. The Labute approximate surface area is 87.7 Å². The monoisotopic (exact) mass is 221 g/mol. The topological polar surface area (TPSA) is 12.5 Å². The summed E-state index contributed by atoms with van der Waals surface area (Å²) >= 11 is 5.64. The first-order chi connectivity index (χ1) is 5.99. The van der Waals surface area contributed by atoms with Crippen LogP contribution in [0.5, 0.6) is 0 Å². The molecule has 1 aliphatic heterocycles. The fourth-order valence-electron chi connectivity index (χ4n) is 1.73. The van der Waals surface area contributed by atoms with Gasteiger partial charge in [-0.15, -0.1) is 0 Å². The Morgan fingerprint density at radius 1 is 1.62 bits per heavy atom. The molecular formula is C9H20NOPS. The third-order valence-corrected chi connectivity index (χ3v) is 7.09. The van der Waals surface area contributed by atoms with Gasteiger partial charge in [-0.05, 0) is 34.1 Å². The van der Waals surface area contributed by atoms with E-state index in [1.54, 1.807) is 0 Å². The lowest BCUT2D eigenvalue weighted by Gasteiger charge is -2.46. The average molecular weight is 221 g/mol. The largest absolute Gasteiger partial charge is 0.505 e. The van der Waals surface area contributed by atoms with Gasteiger partial charge in [0.1, 0.15) is 0 Å². The van der Waals surface area contributed by atoms with E-state index in [1.807, 2.05) is 0 Å². The zero-order chi connectivity index (χ0) is 10.1. The highest BCUT2D eigenvalue weighted by molar-refractivity contribution is 8.39. The lowest BCUT2D eigenvalue weighted by molar-refractivity contribution is 0.150. The Morgan fingerprint density at radius 3 is 2.69 bits per heavy atom. The van der Waals surface area contributed by atoms with Crippen LogP contribution in [0.15, 0.2) is 0 Å². The van der Waals surface area contributed by atoms with Crippen molar-refractivity contribution in [1.29, 1.82) is 0 Å². The van der Waals surface area contributed by atoms with Crippen LogP contribution in [0.4, 0.5) is 0 Å². The summed E-state index contributed by atoms with van der Waals surface area (Å²) < 4.78 is 8.34. The highest BCUT2D eigenvalue weighted by atomic mass is 32.7. The first-order valence-electron chi connectivity index (χ1n) is 5.04. The standard InChI is InChI=1S/C9H20NOPS/c1-5-12(13)10(8(2)3)7-6-9(4)11-12/h8-9H,5-7H2,1-4H3/t9-,12?/m0/s1. The van der Waals surface area contributed by atoms with Crippen LogP contribution < -0.4 is 0 Å². The first-order valence-corrected chi connectivity index (χ1v) is 7.90. The van der Waals surface area contributed by atoms with Crippen molar-refractivity contribution >= 4 is 19.1 Å². The van der Waals surface area contributed by atoms with E-state index < -0.39 is 6.84 Å². The summed E-state index contributed by atoms with van der Waals surface area (Å²) in [4.78, 5) is 0. The lowest BCUT2D eigenvalue weighted by Crippen LogP contribution is -2.39. The van der Waals surface area contributed by atoms with Crippen LogP contribution in [0, 0.1) is 0 Å². The Morgan fingerprint density at radius 2 is 2.23 bits per heavy atom. The fourth-order valence-corrected chi connectivity index (χ4v) is 5.40. The third kappa shape index (κ3) is 2.59. The van der Waals surface area contributed by atoms with E-state index in [1.165, 1.54) is 0 Å². The number of hydrogen-bond donors (Lipinski definition) is 0. The summed E-state index contributed by atoms with van der Waals surface area (Å²) in [6.07, 6.45) is 2.47. The van der Waals surface area contributed by atoms with Crippen molar-refractivity contribution in [2.45, 2.75) is 46.3 Å². The molecule has 1 fully saturated rings. The molecule has 1 heterocycles. The van der Waals surface area contributed by atoms with Gasteiger partial charge >= 0.3 is 0 Å². The molecular weight excluding hydrogens is 201 g/mol. The molecule has 1 aliphatic rings. The molecule has 78 valence electrons. The van der Waals surface area contributed by atoms with Crippen molar-refractivity contribution in [3.05, 3.63) is 0 Å². The summed E-state index contributed by atoms with van der Waals surface area (Å²) in [6, 6.07) is 0.526. The molecule has 0 N–H and O–H groups in total. The van der Waals surface area contributed by atoms with Gasteiger partial charge in [0, 0.05) is 12.6 Å². The van der Waals surface area contributed by atoms with E-state index in [9.17, 15) is 0 Å². The van der Waals surface area contributed by atoms with Crippen LogP contribution >= 0.6 is 6.84 Å². The van der Waals surface area contributed by atoms with Crippen molar-refractivity contribution in [3.8, 4) is 0 Å². The molecule has 1 rings (SSSR count). The van der Waals surface area contributed by atoms with Crippen molar-refractivity contribution < 1.29 is 4.52 Å². The summed E-state index contributed by atoms with van der Waals surface area (Å²) in [5.74, 6) is 0. The molecule has 0 aromatic carbocycles. The highest BCUT2D eigenvalue weighted by Crippen LogP contribution is 2.64. The average Bonchev–Trinajstić information content (AvgIpc) is 2.03. The maximum atomic E-state index is 5.95. The van der Waals surface area contributed by atoms with Crippen molar-refractivity contribution in [1.82, 2.24) is 4.67 Å². The third-order valence-electron chi connectivity index (χ3n) is 2.50. The van der Waals surface area contributed by atoms with Crippen LogP contribution in [0.3, 0.4) is 0 Å². The van der Waals surface area contributed by atoms with E-state index in [0.29, 0.717) is 12.1 Å². The van der Waals surface area contributed by atoms with E-state index in [4.69, 9.17) is 16.8 Å². The zero-order valence-electron chi connectivity index (χ0n) is 8.99. The second-order valence-corrected chi connectivity index (χ2v) is 8.26. The minimum absolute atomic E-state index is 0.362. The van der Waals surface area contributed by atoms with Crippen LogP contribution in [0.25, 0.3) is 0 Å². The van der Waals surface area contributed by atoms with E-state index in [-0.39, 0.29) is 0 Å². The Kier molecular flexibility index (Phi) is 4.06. The summed E-state index contributed by atoms with van der Waals surface area (Å²) in [6.45, 7) is 8.15. The van der Waals surface area contributed by atoms with Crippen molar-refractivity contribution in [3.63, 3.8) is 0 Å². The molecule has 0 radical (unpaired) electrons. The minimum atomic E-state index is -1.65. The Hall–Kier alpha value is 0.700. The molecule has 0 spiro atoms. The van der Waals surface area contributed by atoms with Gasteiger partial charge in [-0.1, -0.05) is 0 Å². The molecule has 1 unspecified atom stereocenters. The van der Waals surface area contributed by atoms with Gasteiger partial charge in [0.2, 0.25) is 0 Å². The number of hydrogen-bond acceptors (Lipinski definition) is 3. The van der Waals surface area contributed by atoms with Crippen LogP contribution in [0.2, 0.25) is 0 Å². The van der Waals surface area contributed by atoms with Crippen molar-refractivity contribution in [2.24, 2.45) is 0 Å². The zero-order valence-corrected chi connectivity index (χ0v) is 10.7. The van der Waals surface area contributed by atoms with E-state index in [2.05, 4.69) is 32.4 Å². The lowest BCUT2D eigenvalue weighted by atomic mass is 10.2. The van der Waals surface area contributed by atoms with E-state index >= 15 is 0 Å². The molecule has 0 bridgehead atoms. The molecule has 13 heavy (non-hydrogen) atoms. The summed E-state index contributed by atoms with van der Waals surface area (Å²) in [7, 11) is 0. The summed E-state index contributed by atoms with van der Waals surface area (Å²) in [5, 5.41) is 0. The molecule has 0 aliphatic carbocycles. The smallest absolute Gasteiger partial charge is 0.0994 e. The SMILES string of the molecule is CC[P+]1([S-])O[C@@H](C)CCN1C(C)C. The van der Waals surface area contributed by atoms with Gasteiger partial charge in [-0.3, -0.25) is 0 Å². The molecule has 0 saturated carbocycles. The van der Waals surface area contributed by atoms with Gasteiger partial charge < -0.3 is 12.2 Å². The molecule has 4 heteroatoms. The normalized spacial score (nSPS) is 36.9. The molecule has 2 atom stereocenters. The highest BCUT2D eigenvalue weighted by Gasteiger charge is 2.39. The van der Waals surface area contributed by atoms with Crippen LogP contribution in [0.1, 0.15) is 34.1 Å². The van der Waals surface area contributed by atoms with Crippen molar-refractivity contribution in [2.75, 3.05) is 12.7 Å². The Bertz CT molecular complexity index is 179. The summed E-state index contributed by atoms with van der Waals surface area (Å²) in [5.41, 5.74) is 0. The minimum Gasteiger partial charge on any atom is -0.505 e. The second kappa shape index (κ2) is 4.48. The van der Waals surface area contributed by atoms with E-state index in [0.717, 1.165) is 19.1 Å². The Balaban J connectivity index is 2.72. The predicted octanol–water partition coefficient (Wildman–Crippen LogP) is 2.84. The fraction of sp³-hybridized carbons (Fsp3) is 1.00. The second-order valence-electron chi connectivity index (χ2n) is 3.92. The van der Waals surface area contributed by atoms with Crippen LogP contribution in [-0.4, -0.2) is 29.5 Å². The quantitative estimate of drug-likeness (QED) is 0.525. The van der Waals surface area contributed by atoms with Crippen LogP contribution in [-0.2, 0) is 16.8 Å². The van der Waals surface area contributed by atoms with Gasteiger partial charge in [0.15, 0.2) is 0 Å². The van der Waals surface area contributed by atoms with Gasteiger partial charge in [-0.2, -0.15) is 4.67 Å². The molecule has 0 amide bonds. The molecule has 0 aromatic heterocycles.